The highest BCUT2D eigenvalue weighted by atomic mass is 32.2. The summed E-state index contributed by atoms with van der Waals surface area (Å²) in [5, 5.41) is 0.747. The van der Waals surface area contributed by atoms with Crippen molar-refractivity contribution in [3.05, 3.63) is 36.3 Å². The van der Waals surface area contributed by atoms with Crippen molar-refractivity contribution in [1.29, 1.82) is 0 Å². The number of carbonyl (C=O) groups is 1. The Hall–Kier alpha value is -2.02. The third-order valence-electron chi connectivity index (χ3n) is 4.52. The van der Waals surface area contributed by atoms with Crippen LogP contribution in [0.4, 0.5) is 0 Å². The number of fused-ring (bicyclic) bond motifs is 1. The van der Waals surface area contributed by atoms with Gasteiger partial charge in [0.15, 0.2) is 0 Å². The smallest absolute Gasteiger partial charge is 0.266 e. The molecule has 24 heavy (non-hydrogen) atoms. The summed E-state index contributed by atoms with van der Waals surface area (Å²) in [6, 6.07) is 3.35. The maximum atomic E-state index is 12.2. The summed E-state index contributed by atoms with van der Waals surface area (Å²) >= 11 is 0. The predicted molar refractivity (Wildman–Crippen MR) is 92.0 cm³/mol. The van der Waals surface area contributed by atoms with Crippen molar-refractivity contribution in [2.24, 2.45) is 5.92 Å². The van der Waals surface area contributed by atoms with Gasteiger partial charge in [0.2, 0.25) is 10.0 Å². The van der Waals surface area contributed by atoms with Crippen molar-refractivity contribution in [3.63, 3.8) is 0 Å². The van der Waals surface area contributed by atoms with E-state index in [1.165, 1.54) is 25.5 Å². The average Bonchev–Trinajstić information content (AvgIpc) is 2.60. The number of pyridine rings is 2. The maximum absolute atomic E-state index is 12.2. The molecular weight excluding hydrogens is 326 g/mol. The molecule has 0 spiro atoms. The highest BCUT2D eigenvalue weighted by Crippen LogP contribution is 2.26. The van der Waals surface area contributed by atoms with Crippen LogP contribution in [0.25, 0.3) is 10.9 Å². The summed E-state index contributed by atoms with van der Waals surface area (Å²) in [5.41, 5.74) is 0.893. The molecule has 1 aliphatic carbocycles. The number of nitrogens with zero attached hydrogens (tertiary/aromatic N) is 2. The first-order valence-corrected chi connectivity index (χ1v) is 9.93. The number of hydrogen-bond acceptors (Lipinski definition) is 5. The van der Waals surface area contributed by atoms with E-state index in [1.807, 2.05) is 0 Å². The third-order valence-corrected chi connectivity index (χ3v) is 5.79. The first-order chi connectivity index (χ1) is 11.5. The molecule has 1 amide bonds. The first-order valence-electron chi connectivity index (χ1n) is 8.28. The van der Waals surface area contributed by atoms with Crippen LogP contribution in [0, 0.1) is 5.92 Å². The number of aromatic nitrogens is 2. The van der Waals surface area contributed by atoms with Crippen LogP contribution in [-0.2, 0) is 10.0 Å². The van der Waals surface area contributed by atoms with Crippen LogP contribution in [0.1, 0.15) is 48.9 Å². The zero-order valence-electron chi connectivity index (χ0n) is 13.4. The molecule has 6 nitrogen and oxygen atoms in total. The molecule has 0 saturated heterocycles. The van der Waals surface area contributed by atoms with Crippen LogP contribution in [-0.4, -0.2) is 30.0 Å². The van der Waals surface area contributed by atoms with Gasteiger partial charge in [0, 0.05) is 17.8 Å². The molecule has 2 aromatic heterocycles. The molecule has 0 radical (unpaired) electrons. The number of sulfonamides is 1. The minimum atomic E-state index is -3.62. The van der Waals surface area contributed by atoms with Crippen LogP contribution < -0.4 is 4.72 Å². The monoisotopic (exact) mass is 347 g/mol. The Morgan fingerprint density at radius 1 is 1.21 bits per heavy atom. The number of nitrogens with one attached hydrogen (secondary N) is 1. The van der Waals surface area contributed by atoms with Crippen molar-refractivity contribution >= 4 is 26.8 Å². The Balaban J connectivity index is 1.63. The second-order valence-electron chi connectivity index (χ2n) is 6.34. The van der Waals surface area contributed by atoms with Gasteiger partial charge in [-0.25, -0.2) is 13.1 Å². The summed E-state index contributed by atoms with van der Waals surface area (Å²) in [6.45, 7) is 0. The number of hydrogen-bond donors (Lipinski definition) is 1. The second-order valence-corrected chi connectivity index (χ2v) is 8.18. The van der Waals surface area contributed by atoms with Crippen molar-refractivity contribution in [2.75, 3.05) is 5.75 Å². The van der Waals surface area contributed by atoms with Gasteiger partial charge in [-0.3, -0.25) is 14.8 Å². The second kappa shape index (κ2) is 7.25. The molecule has 7 heteroatoms. The maximum Gasteiger partial charge on any atom is 0.266 e. The largest absolute Gasteiger partial charge is 0.268 e. The molecule has 2 aromatic rings. The van der Waals surface area contributed by atoms with E-state index in [0.29, 0.717) is 17.9 Å². The zero-order valence-corrected chi connectivity index (χ0v) is 14.3. The molecular formula is C17H21N3O3S. The van der Waals surface area contributed by atoms with Gasteiger partial charge in [0.05, 0.1) is 23.0 Å². The van der Waals surface area contributed by atoms with Gasteiger partial charge in [0.25, 0.3) is 5.91 Å². The lowest BCUT2D eigenvalue weighted by Crippen LogP contribution is -2.33. The summed E-state index contributed by atoms with van der Waals surface area (Å²) < 4.78 is 26.5. The lowest BCUT2D eigenvalue weighted by molar-refractivity contribution is 0.0981. The first kappa shape index (κ1) is 16.8. The van der Waals surface area contributed by atoms with Gasteiger partial charge < -0.3 is 0 Å². The molecule has 0 unspecified atom stereocenters. The Bertz CT molecular complexity index is 830. The van der Waals surface area contributed by atoms with E-state index in [-0.39, 0.29) is 11.3 Å². The van der Waals surface area contributed by atoms with Crippen LogP contribution in [0.15, 0.2) is 30.7 Å². The molecule has 1 saturated carbocycles. The van der Waals surface area contributed by atoms with Crippen molar-refractivity contribution in [1.82, 2.24) is 14.7 Å². The van der Waals surface area contributed by atoms with Crippen LogP contribution >= 0.6 is 0 Å². The van der Waals surface area contributed by atoms with Crippen molar-refractivity contribution in [3.8, 4) is 0 Å². The van der Waals surface area contributed by atoms with E-state index in [1.54, 1.807) is 24.5 Å². The van der Waals surface area contributed by atoms with Crippen LogP contribution in [0.3, 0.4) is 0 Å². The Morgan fingerprint density at radius 2 is 2.00 bits per heavy atom. The van der Waals surface area contributed by atoms with Crippen molar-refractivity contribution in [2.45, 2.75) is 38.5 Å². The molecule has 1 aliphatic rings. The number of carbonyl (C=O) groups excluding carboxylic acids is 1. The normalized spacial score (nSPS) is 16.2. The molecule has 1 N–H and O–H groups in total. The minimum Gasteiger partial charge on any atom is -0.268 e. The van der Waals surface area contributed by atoms with E-state index in [9.17, 15) is 13.2 Å². The lowest BCUT2D eigenvalue weighted by Gasteiger charge is -2.21. The Labute approximate surface area is 141 Å². The summed E-state index contributed by atoms with van der Waals surface area (Å²) in [4.78, 5) is 20.3. The van der Waals surface area contributed by atoms with E-state index in [0.717, 1.165) is 18.2 Å². The molecule has 3 rings (SSSR count). The average molecular weight is 347 g/mol. The van der Waals surface area contributed by atoms with Gasteiger partial charge in [-0.15, -0.1) is 0 Å². The topological polar surface area (TPSA) is 89.0 Å². The van der Waals surface area contributed by atoms with Crippen molar-refractivity contribution < 1.29 is 13.2 Å². The zero-order chi connectivity index (χ0) is 17.0. The fraction of sp³-hybridized carbons (Fsp3) is 0.471. The molecule has 0 atom stereocenters. The molecule has 1 fully saturated rings. The summed E-state index contributed by atoms with van der Waals surface area (Å²) in [6.07, 6.45) is 11.0. The lowest BCUT2D eigenvalue weighted by atomic mass is 9.88. The van der Waals surface area contributed by atoms with Gasteiger partial charge in [-0.05, 0) is 24.5 Å². The van der Waals surface area contributed by atoms with Crippen LogP contribution in [0.2, 0.25) is 0 Å². The van der Waals surface area contributed by atoms with E-state index in [2.05, 4.69) is 14.7 Å². The SMILES string of the molecule is O=C(NS(=O)(=O)CCC1CCCCC1)c1cnc2cnccc2c1. The third kappa shape index (κ3) is 4.29. The highest BCUT2D eigenvalue weighted by molar-refractivity contribution is 7.90. The minimum absolute atomic E-state index is 0.00562. The van der Waals surface area contributed by atoms with Gasteiger partial charge in [-0.2, -0.15) is 0 Å². The fourth-order valence-electron chi connectivity index (χ4n) is 3.14. The summed E-state index contributed by atoms with van der Waals surface area (Å²) in [5.74, 6) is -0.181. The predicted octanol–water partition coefficient (Wildman–Crippen LogP) is 2.66. The van der Waals surface area contributed by atoms with Gasteiger partial charge in [0.1, 0.15) is 0 Å². The van der Waals surface area contributed by atoms with E-state index < -0.39 is 15.9 Å². The number of rotatable bonds is 5. The highest BCUT2D eigenvalue weighted by Gasteiger charge is 2.20. The quantitative estimate of drug-likeness (QED) is 0.898. The Morgan fingerprint density at radius 3 is 2.79 bits per heavy atom. The molecule has 0 aromatic carbocycles. The molecule has 128 valence electrons. The van der Waals surface area contributed by atoms with Gasteiger partial charge in [-0.1, -0.05) is 32.1 Å². The molecule has 0 aliphatic heterocycles. The van der Waals surface area contributed by atoms with Gasteiger partial charge >= 0.3 is 0 Å². The molecule has 2 heterocycles. The number of amides is 1. The molecule has 0 bridgehead atoms. The standard InChI is InChI=1S/C17H21N3O3S/c21-17(15-10-14-6-8-18-12-16(14)19-11-15)20-24(22,23)9-7-13-4-2-1-3-5-13/h6,8,10-13H,1-5,7,9H2,(H,20,21). The fourth-order valence-corrected chi connectivity index (χ4v) is 4.29. The Kier molecular flexibility index (Phi) is 5.08. The summed E-state index contributed by atoms with van der Waals surface area (Å²) in [7, 11) is -3.62. The van der Waals surface area contributed by atoms with E-state index >= 15 is 0 Å². The van der Waals surface area contributed by atoms with Crippen LogP contribution in [0.5, 0.6) is 0 Å². The van der Waals surface area contributed by atoms with E-state index in [4.69, 9.17) is 0 Å².